The van der Waals surface area contributed by atoms with E-state index in [-0.39, 0.29) is 32.0 Å². The Kier molecular flexibility index (Phi) is 48.5. The van der Waals surface area contributed by atoms with Gasteiger partial charge in [-0.3, -0.25) is 18.6 Å². The zero-order chi connectivity index (χ0) is 50.6. The number of nitrogens with zero attached hydrogens (tertiary/aromatic N) is 1. The van der Waals surface area contributed by atoms with Crippen LogP contribution in [0.3, 0.4) is 0 Å². The summed E-state index contributed by atoms with van der Waals surface area (Å²) in [5, 5.41) is 0. The number of carbonyl (C=O) groups is 2. The molecule has 2 unspecified atom stereocenters. The topological polar surface area (TPSA) is 108 Å². The predicted molar refractivity (Wildman–Crippen MR) is 293 cm³/mol. The zero-order valence-corrected chi connectivity index (χ0v) is 46.2. The molecule has 0 aliphatic rings. The van der Waals surface area contributed by atoms with Crippen molar-refractivity contribution in [3.05, 3.63) is 72.9 Å². The van der Waals surface area contributed by atoms with Crippen LogP contribution in [-0.2, 0) is 32.7 Å². The molecule has 0 fully saturated rings. The van der Waals surface area contributed by atoms with Crippen molar-refractivity contribution in [3.63, 3.8) is 0 Å². The molecule has 400 valence electrons. The fourth-order valence-corrected chi connectivity index (χ4v) is 8.37. The van der Waals surface area contributed by atoms with Gasteiger partial charge in [-0.1, -0.05) is 215 Å². The van der Waals surface area contributed by atoms with E-state index in [2.05, 4.69) is 86.8 Å². The highest BCUT2D eigenvalue weighted by Crippen LogP contribution is 2.43. The number of allylic oxidation sites excluding steroid dienone is 12. The van der Waals surface area contributed by atoms with Crippen molar-refractivity contribution in [2.75, 3.05) is 47.5 Å². The first-order valence-electron chi connectivity index (χ1n) is 28.2. The second-order valence-electron chi connectivity index (χ2n) is 19.9. The number of carbonyl (C=O) groups excluding carboxylic acids is 2. The van der Waals surface area contributed by atoms with E-state index in [1.54, 1.807) is 0 Å². The van der Waals surface area contributed by atoms with Gasteiger partial charge in [0.2, 0.25) is 0 Å². The minimum absolute atomic E-state index is 0.0282. The fourth-order valence-electron chi connectivity index (χ4n) is 7.63. The van der Waals surface area contributed by atoms with E-state index in [0.29, 0.717) is 17.4 Å². The Hall–Kier alpha value is -2.55. The molecule has 2 atom stereocenters. The first kappa shape index (κ1) is 66.5. The normalized spacial score (nSPS) is 13.9. The number of ether oxygens (including phenoxy) is 2. The van der Waals surface area contributed by atoms with Crippen LogP contribution >= 0.6 is 7.82 Å². The molecule has 0 amide bonds. The van der Waals surface area contributed by atoms with E-state index in [9.17, 15) is 19.0 Å². The van der Waals surface area contributed by atoms with Gasteiger partial charge in [0.05, 0.1) is 27.7 Å². The van der Waals surface area contributed by atoms with E-state index in [1.165, 1.54) is 135 Å². The first-order chi connectivity index (χ1) is 33.5. The molecule has 0 bridgehead atoms. The van der Waals surface area contributed by atoms with Crippen molar-refractivity contribution in [1.82, 2.24) is 0 Å². The van der Waals surface area contributed by atoms with Gasteiger partial charge in [-0.25, -0.2) is 4.57 Å². The van der Waals surface area contributed by atoms with E-state index in [4.69, 9.17) is 18.5 Å². The minimum atomic E-state index is -4.39. The largest absolute Gasteiger partial charge is 0.472 e. The molecule has 69 heavy (non-hydrogen) atoms. The summed E-state index contributed by atoms with van der Waals surface area (Å²) in [5.41, 5.74) is 0. The maximum atomic E-state index is 12.8. The van der Waals surface area contributed by atoms with E-state index in [1.807, 2.05) is 21.1 Å². The Balaban J connectivity index is 4.19. The zero-order valence-electron chi connectivity index (χ0n) is 45.3. The minimum Gasteiger partial charge on any atom is -0.462 e. The number of hydrogen-bond acceptors (Lipinski definition) is 7. The summed E-state index contributed by atoms with van der Waals surface area (Å²) >= 11 is 0. The monoisotopic (exact) mass is 989 g/mol. The molecule has 0 aliphatic carbocycles. The average Bonchev–Trinajstić information content (AvgIpc) is 3.31. The quantitative estimate of drug-likeness (QED) is 0.0211. The van der Waals surface area contributed by atoms with Crippen LogP contribution in [0.1, 0.15) is 239 Å². The number of phosphoric acid groups is 1. The molecule has 0 aromatic rings. The maximum absolute atomic E-state index is 12.8. The van der Waals surface area contributed by atoms with Crippen molar-refractivity contribution in [3.8, 4) is 0 Å². The fraction of sp³-hybridized carbons (Fsp3) is 0.763. The molecule has 0 spiro atoms. The standard InChI is InChI=1S/C59H106NO8P/c1-6-8-10-12-14-16-18-20-22-24-26-27-28-29-30-31-32-33-34-36-38-40-42-44-46-48-50-52-59(62)68-57(56-67-69(63,64)66-54-53-60(3,4)5)55-65-58(61)51-49-47-45-43-41-39-37-35-25-23-21-19-17-15-13-11-9-7-2/h8,10,14,16,20,22-23,25-27,29-30,57H,6-7,9,11-13,15,17-19,21,24,28,31-56H2,1-5H3/p+1/b10-8-,16-14-,22-20-,25-23-,27-26-,30-29-. The summed E-state index contributed by atoms with van der Waals surface area (Å²) in [5.74, 6) is -0.804. The summed E-state index contributed by atoms with van der Waals surface area (Å²) < 4.78 is 34.5. The number of likely N-dealkylation sites (N-methyl/N-ethyl adjacent to an activating group) is 1. The molecule has 0 aromatic heterocycles. The number of rotatable bonds is 51. The number of quaternary nitrogens is 1. The molecule has 1 N–H and O–H groups in total. The van der Waals surface area contributed by atoms with Gasteiger partial charge in [-0.05, 0) is 83.5 Å². The highest BCUT2D eigenvalue weighted by molar-refractivity contribution is 7.47. The lowest BCUT2D eigenvalue weighted by Crippen LogP contribution is -2.37. The highest BCUT2D eigenvalue weighted by Gasteiger charge is 2.27. The van der Waals surface area contributed by atoms with Gasteiger partial charge in [0, 0.05) is 12.8 Å². The van der Waals surface area contributed by atoms with Gasteiger partial charge in [0.1, 0.15) is 19.8 Å². The lowest BCUT2D eigenvalue weighted by molar-refractivity contribution is -0.870. The summed E-state index contributed by atoms with van der Waals surface area (Å²) in [6, 6.07) is 0. The van der Waals surface area contributed by atoms with Crippen molar-refractivity contribution in [2.45, 2.75) is 245 Å². The Labute approximate surface area is 425 Å². The molecule has 0 saturated heterocycles. The second-order valence-corrected chi connectivity index (χ2v) is 21.4. The van der Waals surface area contributed by atoms with E-state index < -0.39 is 26.5 Å². The summed E-state index contributed by atoms with van der Waals surface area (Å²) in [6.07, 6.45) is 65.3. The molecule has 10 heteroatoms. The lowest BCUT2D eigenvalue weighted by Gasteiger charge is -2.24. The third kappa shape index (κ3) is 54.6. The van der Waals surface area contributed by atoms with E-state index >= 15 is 0 Å². The van der Waals surface area contributed by atoms with Crippen molar-refractivity contribution < 1.29 is 42.1 Å². The van der Waals surface area contributed by atoms with Crippen LogP contribution in [0.25, 0.3) is 0 Å². The predicted octanol–water partition coefficient (Wildman–Crippen LogP) is 17.3. The Morgan fingerprint density at radius 1 is 0.464 bits per heavy atom. The molecule has 0 saturated carbocycles. The van der Waals surface area contributed by atoms with Crippen LogP contribution in [0.15, 0.2) is 72.9 Å². The molecule has 0 aromatic carbocycles. The number of phosphoric ester groups is 1. The maximum Gasteiger partial charge on any atom is 0.472 e. The molecule has 0 rings (SSSR count). The van der Waals surface area contributed by atoms with Crippen LogP contribution in [0.4, 0.5) is 0 Å². The second kappa shape index (κ2) is 50.4. The Bertz CT molecular complexity index is 1400. The van der Waals surface area contributed by atoms with Gasteiger partial charge in [-0.15, -0.1) is 0 Å². The molecule has 0 radical (unpaired) electrons. The SMILES string of the molecule is CC/C=C\C/C=C\C/C=C\C/C=C\C/C=C\CCCCCCCCCCCCCC(=O)OC(COC(=O)CCCCCCCCC/C=C\CCCCCCCCC)COP(=O)(O)OCC[N+](C)(C)C. The number of unbranched alkanes of at least 4 members (excludes halogenated alkanes) is 25. The van der Waals surface area contributed by atoms with Crippen LogP contribution in [-0.4, -0.2) is 74.9 Å². The summed E-state index contributed by atoms with van der Waals surface area (Å²) in [7, 11) is 1.47. The molecule has 9 nitrogen and oxygen atoms in total. The number of esters is 2. The first-order valence-corrected chi connectivity index (χ1v) is 29.7. The van der Waals surface area contributed by atoms with Crippen LogP contribution in [0.5, 0.6) is 0 Å². The van der Waals surface area contributed by atoms with Crippen molar-refractivity contribution >= 4 is 19.8 Å². The highest BCUT2D eigenvalue weighted by atomic mass is 31.2. The van der Waals surface area contributed by atoms with Crippen molar-refractivity contribution in [1.29, 1.82) is 0 Å². The van der Waals surface area contributed by atoms with Crippen molar-refractivity contribution in [2.24, 2.45) is 0 Å². The van der Waals surface area contributed by atoms with Gasteiger partial charge >= 0.3 is 19.8 Å². The van der Waals surface area contributed by atoms with Gasteiger partial charge in [-0.2, -0.15) is 0 Å². The lowest BCUT2D eigenvalue weighted by atomic mass is 10.0. The molecular weight excluding hydrogens is 882 g/mol. The number of hydrogen-bond donors (Lipinski definition) is 1. The Morgan fingerprint density at radius 2 is 0.826 bits per heavy atom. The van der Waals surface area contributed by atoms with Gasteiger partial charge in [0.15, 0.2) is 6.10 Å². The summed E-state index contributed by atoms with van der Waals surface area (Å²) in [4.78, 5) is 35.7. The molecule has 0 heterocycles. The summed E-state index contributed by atoms with van der Waals surface area (Å²) in [6.45, 7) is 4.32. The molecular formula is C59H107NO8P+. The Morgan fingerprint density at radius 3 is 1.25 bits per heavy atom. The van der Waals surface area contributed by atoms with Crippen LogP contribution in [0, 0.1) is 0 Å². The van der Waals surface area contributed by atoms with E-state index in [0.717, 1.165) is 70.6 Å². The van der Waals surface area contributed by atoms with Crippen LogP contribution < -0.4 is 0 Å². The average molecular weight is 989 g/mol. The van der Waals surface area contributed by atoms with Crippen LogP contribution in [0.2, 0.25) is 0 Å². The van der Waals surface area contributed by atoms with Gasteiger partial charge in [0.25, 0.3) is 0 Å². The third-order valence-electron chi connectivity index (χ3n) is 12.0. The third-order valence-corrected chi connectivity index (χ3v) is 13.0. The van der Waals surface area contributed by atoms with Gasteiger partial charge < -0.3 is 18.9 Å². The molecule has 0 aliphatic heterocycles. The smallest absolute Gasteiger partial charge is 0.462 e.